The zero-order valence-corrected chi connectivity index (χ0v) is 14.2. The lowest BCUT2D eigenvalue weighted by Crippen LogP contribution is -2.16. The van der Waals surface area contributed by atoms with Crippen LogP contribution in [0.1, 0.15) is 0 Å². The maximum absolute atomic E-state index is 13.0. The Labute approximate surface area is 148 Å². The van der Waals surface area contributed by atoms with Crippen LogP contribution in [0.3, 0.4) is 0 Å². The summed E-state index contributed by atoms with van der Waals surface area (Å²) in [6.45, 7) is 0. The molecule has 2 aromatic carbocycles. The van der Waals surface area contributed by atoms with Crippen molar-refractivity contribution in [2.45, 2.75) is 0 Å². The molecule has 0 aliphatic heterocycles. The minimum absolute atomic E-state index is 0.218. The minimum Gasteiger partial charge on any atom is -0.497 e. The molecule has 0 aliphatic rings. The van der Waals surface area contributed by atoms with Crippen molar-refractivity contribution in [2.24, 2.45) is 0 Å². The van der Waals surface area contributed by atoms with E-state index in [0.29, 0.717) is 23.0 Å². The van der Waals surface area contributed by atoms with E-state index in [2.05, 4.69) is 15.1 Å². The van der Waals surface area contributed by atoms with Crippen LogP contribution in [-0.4, -0.2) is 34.0 Å². The molecule has 4 N–H and O–H groups in total. The van der Waals surface area contributed by atoms with Crippen LogP contribution in [-0.2, 0) is 0 Å². The van der Waals surface area contributed by atoms with Gasteiger partial charge in [0.2, 0.25) is 0 Å². The molecule has 0 saturated carbocycles. The topological polar surface area (TPSA) is 111 Å². The summed E-state index contributed by atoms with van der Waals surface area (Å²) in [5.74, 6) is 1.75. The lowest BCUT2D eigenvalue weighted by molar-refractivity contribution is 0.394. The molecule has 0 amide bonds. The first kappa shape index (κ1) is 15.8. The highest BCUT2D eigenvalue weighted by atomic mass is 16.5. The predicted molar refractivity (Wildman–Crippen MR) is 99.0 cm³/mol. The molecule has 132 valence electrons. The number of rotatable bonds is 4. The largest absolute Gasteiger partial charge is 0.497 e. The average molecular weight is 351 g/mol. The second kappa shape index (κ2) is 5.99. The number of ether oxygens (including phenoxy) is 2. The van der Waals surface area contributed by atoms with E-state index in [1.807, 2.05) is 24.3 Å². The molecule has 0 saturated heterocycles. The summed E-state index contributed by atoms with van der Waals surface area (Å²) in [4.78, 5) is 20.6. The van der Waals surface area contributed by atoms with Gasteiger partial charge >= 0.3 is 0 Å². The summed E-state index contributed by atoms with van der Waals surface area (Å²) >= 11 is 0. The van der Waals surface area contributed by atoms with Crippen LogP contribution >= 0.6 is 0 Å². The zero-order valence-electron chi connectivity index (χ0n) is 14.2. The molecular weight excluding hydrogens is 334 g/mol. The van der Waals surface area contributed by atoms with Gasteiger partial charge < -0.3 is 20.2 Å². The molecule has 0 aliphatic carbocycles. The first-order valence-corrected chi connectivity index (χ1v) is 7.89. The molecule has 0 unspecified atom stereocenters. The number of imidazole rings is 1. The quantitative estimate of drug-likeness (QED) is 0.522. The highest BCUT2D eigenvalue weighted by Crippen LogP contribution is 2.26. The van der Waals surface area contributed by atoms with Crippen LogP contribution in [0.4, 0.5) is 5.82 Å². The van der Waals surface area contributed by atoms with E-state index in [9.17, 15) is 4.79 Å². The lowest BCUT2D eigenvalue weighted by Gasteiger charge is -2.08. The number of nitrogens with zero attached hydrogens (tertiary/aromatic N) is 2. The van der Waals surface area contributed by atoms with Crippen molar-refractivity contribution < 1.29 is 9.47 Å². The van der Waals surface area contributed by atoms with Crippen LogP contribution < -0.4 is 20.8 Å². The van der Waals surface area contributed by atoms with Crippen LogP contribution in [0.25, 0.3) is 28.1 Å². The molecule has 0 spiro atoms. The van der Waals surface area contributed by atoms with Crippen molar-refractivity contribution in [2.75, 3.05) is 20.0 Å². The molecule has 0 bridgehead atoms. The first-order chi connectivity index (χ1) is 12.6. The molecule has 0 atom stereocenters. The monoisotopic (exact) mass is 351 g/mol. The van der Waals surface area contributed by atoms with Gasteiger partial charge in [0.25, 0.3) is 5.56 Å². The number of nitrogens with two attached hydrogens (primary N) is 1. The smallest absolute Gasteiger partial charge is 0.284 e. The van der Waals surface area contributed by atoms with Crippen molar-refractivity contribution in [3.05, 3.63) is 52.8 Å². The zero-order chi connectivity index (χ0) is 18.3. The molecular formula is C18H17N5O3. The summed E-state index contributed by atoms with van der Waals surface area (Å²) in [7, 11) is 3.09. The normalized spacial score (nSPS) is 11.0. The summed E-state index contributed by atoms with van der Waals surface area (Å²) < 4.78 is 11.9. The molecule has 2 heterocycles. The van der Waals surface area contributed by atoms with Crippen molar-refractivity contribution in [1.82, 2.24) is 19.7 Å². The number of aromatic nitrogens is 4. The Bertz CT molecular complexity index is 1100. The predicted octanol–water partition coefficient (Wildman–Crippen LogP) is 2.31. The number of para-hydroxylation sites is 2. The third kappa shape index (κ3) is 2.48. The lowest BCUT2D eigenvalue weighted by atomic mass is 10.2. The number of nitrogen functional groups attached to an aromatic ring is 1. The van der Waals surface area contributed by atoms with Crippen LogP contribution in [0.5, 0.6) is 11.5 Å². The molecule has 0 fully saturated rings. The van der Waals surface area contributed by atoms with Crippen molar-refractivity contribution in [1.29, 1.82) is 0 Å². The standard InChI is InChI=1S/C18H17N5O3/c1-25-11-7-10(8-12(9-11)26-2)23-18(24)15(16(19)22-23)17-20-13-5-3-4-6-14(13)21-17/h3-9,22H,19H2,1-2H3,(H,20,21). The molecule has 4 rings (SSSR count). The maximum Gasteiger partial charge on any atom is 0.284 e. The highest BCUT2D eigenvalue weighted by Gasteiger charge is 2.19. The summed E-state index contributed by atoms with van der Waals surface area (Å²) in [5.41, 5.74) is 8.17. The highest BCUT2D eigenvalue weighted by molar-refractivity contribution is 5.81. The Morgan fingerprint density at radius 1 is 1.08 bits per heavy atom. The van der Waals surface area contributed by atoms with Crippen LogP contribution in [0, 0.1) is 0 Å². The van der Waals surface area contributed by atoms with E-state index in [1.165, 1.54) is 4.68 Å². The molecule has 8 heteroatoms. The van der Waals surface area contributed by atoms with Crippen LogP contribution in [0.15, 0.2) is 47.3 Å². The number of hydrogen-bond donors (Lipinski definition) is 3. The summed E-state index contributed by atoms with van der Waals surface area (Å²) in [5, 5.41) is 2.89. The first-order valence-electron chi connectivity index (χ1n) is 7.89. The van der Waals surface area contributed by atoms with Gasteiger partial charge in [0, 0.05) is 18.2 Å². The second-order valence-corrected chi connectivity index (χ2v) is 5.71. The molecule has 4 aromatic rings. The van der Waals surface area contributed by atoms with Gasteiger partial charge in [-0.2, -0.15) is 0 Å². The maximum atomic E-state index is 13.0. The van der Waals surface area contributed by atoms with Gasteiger partial charge in [0.1, 0.15) is 28.7 Å². The Morgan fingerprint density at radius 3 is 2.42 bits per heavy atom. The van der Waals surface area contributed by atoms with Gasteiger partial charge in [-0.1, -0.05) is 12.1 Å². The van der Waals surface area contributed by atoms with E-state index in [-0.39, 0.29) is 16.9 Å². The molecule has 26 heavy (non-hydrogen) atoms. The Hall–Kier alpha value is -3.68. The number of anilines is 1. The Balaban J connectivity index is 1.89. The van der Waals surface area contributed by atoms with Gasteiger partial charge in [-0.3, -0.25) is 9.89 Å². The van der Waals surface area contributed by atoms with Crippen molar-refractivity contribution in [3.8, 4) is 28.6 Å². The fraction of sp³-hybridized carbons (Fsp3) is 0.111. The number of fused-ring (bicyclic) bond motifs is 1. The summed E-state index contributed by atoms with van der Waals surface area (Å²) in [6, 6.07) is 12.7. The SMILES string of the molecule is COc1cc(OC)cc(-n2[nH]c(N)c(-c3nc4ccccc4[nH]3)c2=O)c1. The average Bonchev–Trinajstić information content (AvgIpc) is 3.21. The van der Waals surface area contributed by atoms with E-state index in [1.54, 1.807) is 32.4 Å². The van der Waals surface area contributed by atoms with Gasteiger partial charge in [0.05, 0.1) is 30.9 Å². The Kier molecular flexibility index (Phi) is 3.65. The number of methoxy groups -OCH3 is 2. The third-order valence-electron chi connectivity index (χ3n) is 4.14. The molecule has 8 nitrogen and oxygen atoms in total. The number of H-pyrrole nitrogens is 2. The number of aromatic amines is 2. The summed E-state index contributed by atoms with van der Waals surface area (Å²) in [6.07, 6.45) is 0. The van der Waals surface area contributed by atoms with E-state index in [0.717, 1.165) is 11.0 Å². The van der Waals surface area contributed by atoms with Crippen LogP contribution in [0.2, 0.25) is 0 Å². The van der Waals surface area contributed by atoms with Crippen molar-refractivity contribution >= 4 is 16.9 Å². The number of nitrogens with one attached hydrogen (secondary N) is 2. The van der Waals surface area contributed by atoms with E-state index in [4.69, 9.17) is 15.2 Å². The van der Waals surface area contributed by atoms with E-state index < -0.39 is 0 Å². The Morgan fingerprint density at radius 2 is 1.77 bits per heavy atom. The number of hydrogen-bond acceptors (Lipinski definition) is 5. The van der Waals surface area contributed by atoms with Gasteiger partial charge in [-0.15, -0.1) is 0 Å². The number of benzene rings is 2. The fourth-order valence-electron chi connectivity index (χ4n) is 2.86. The van der Waals surface area contributed by atoms with Gasteiger partial charge in [0.15, 0.2) is 0 Å². The minimum atomic E-state index is -0.322. The van der Waals surface area contributed by atoms with Crippen molar-refractivity contribution in [3.63, 3.8) is 0 Å². The second-order valence-electron chi connectivity index (χ2n) is 5.71. The van der Waals surface area contributed by atoms with Gasteiger partial charge in [-0.25, -0.2) is 9.67 Å². The molecule has 2 aromatic heterocycles. The third-order valence-corrected chi connectivity index (χ3v) is 4.14. The molecule has 0 radical (unpaired) electrons. The van der Waals surface area contributed by atoms with E-state index >= 15 is 0 Å². The fourth-order valence-corrected chi connectivity index (χ4v) is 2.86. The van der Waals surface area contributed by atoms with Gasteiger partial charge in [-0.05, 0) is 12.1 Å².